The first-order valence-electron chi connectivity index (χ1n) is 8.32. The monoisotopic (exact) mass is 365 g/mol. The van der Waals surface area contributed by atoms with Gasteiger partial charge in [0.05, 0.1) is 11.0 Å². The molecule has 3 nitrogen and oxygen atoms in total. The number of hydrogen-bond donors (Lipinski definition) is 1. The first-order chi connectivity index (χ1) is 12.5. The molecular weight excluding hydrogens is 349 g/mol. The predicted molar refractivity (Wildman–Crippen MR) is 104 cm³/mol. The molecular formula is C21H17ClFN3. The van der Waals surface area contributed by atoms with E-state index in [1.54, 1.807) is 24.5 Å². The largest absolute Gasteiger partial charge is 0.324 e. The van der Waals surface area contributed by atoms with Crippen LogP contribution in [-0.4, -0.2) is 9.55 Å². The number of rotatable bonds is 3. The fraction of sp³-hybridized carbons (Fsp3) is 0.0952. The maximum absolute atomic E-state index is 14.4. The summed E-state index contributed by atoms with van der Waals surface area (Å²) >= 11 is 6.25. The van der Waals surface area contributed by atoms with Crippen molar-refractivity contribution in [2.45, 2.75) is 13.0 Å². The molecule has 4 rings (SSSR count). The van der Waals surface area contributed by atoms with E-state index in [1.807, 2.05) is 47.9 Å². The topological polar surface area (TPSA) is 43.8 Å². The first-order valence-corrected chi connectivity index (χ1v) is 8.70. The second-order valence-electron chi connectivity index (χ2n) is 6.30. The number of imidazole rings is 1. The molecule has 1 aromatic heterocycles. The van der Waals surface area contributed by atoms with Crippen LogP contribution in [-0.2, 0) is 0 Å². The number of nitrogens with zero attached hydrogens (tertiary/aromatic N) is 2. The number of hydrogen-bond acceptors (Lipinski definition) is 2. The Labute approximate surface area is 155 Å². The summed E-state index contributed by atoms with van der Waals surface area (Å²) in [5.74, 6) is -0.314. The highest BCUT2D eigenvalue weighted by Crippen LogP contribution is 2.32. The summed E-state index contributed by atoms with van der Waals surface area (Å²) in [6.45, 7) is 1.94. The molecule has 0 fully saturated rings. The third-order valence-corrected chi connectivity index (χ3v) is 4.82. The van der Waals surface area contributed by atoms with E-state index in [0.29, 0.717) is 16.1 Å². The van der Waals surface area contributed by atoms with Crippen molar-refractivity contribution in [2.24, 2.45) is 5.73 Å². The summed E-state index contributed by atoms with van der Waals surface area (Å²) in [5.41, 5.74) is 10.7. The van der Waals surface area contributed by atoms with Crippen LogP contribution in [0.1, 0.15) is 18.5 Å². The minimum Gasteiger partial charge on any atom is -0.324 e. The first kappa shape index (κ1) is 16.8. The van der Waals surface area contributed by atoms with Gasteiger partial charge in [0, 0.05) is 27.9 Å². The number of aromatic nitrogens is 2. The van der Waals surface area contributed by atoms with Gasteiger partial charge in [0.15, 0.2) is 0 Å². The van der Waals surface area contributed by atoms with Gasteiger partial charge in [-0.3, -0.25) is 4.57 Å². The van der Waals surface area contributed by atoms with Gasteiger partial charge in [-0.1, -0.05) is 35.9 Å². The molecule has 1 heterocycles. The molecule has 0 amide bonds. The molecule has 5 heteroatoms. The van der Waals surface area contributed by atoms with Crippen LogP contribution < -0.4 is 5.73 Å². The summed E-state index contributed by atoms with van der Waals surface area (Å²) in [5, 5.41) is 0.514. The minimum atomic E-state index is -0.314. The molecule has 1 atom stereocenters. The van der Waals surface area contributed by atoms with E-state index in [1.165, 1.54) is 6.07 Å². The smallest absolute Gasteiger partial charge is 0.131 e. The van der Waals surface area contributed by atoms with Crippen molar-refractivity contribution in [3.8, 4) is 16.8 Å². The van der Waals surface area contributed by atoms with Gasteiger partial charge in [-0.05, 0) is 48.9 Å². The Morgan fingerprint density at radius 1 is 1.04 bits per heavy atom. The zero-order valence-corrected chi connectivity index (χ0v) is 14.9. The van der Waals surface area contributed by atoms with Crippen LogP contribution in [0.2, 0.25) is 5.02 Å². The summed E-state index contributed by atoms with van der Waals surface area (Å²) < 4.78 is 16.4. The maximum Gasteiger partial charge on any atom is 0.131 e. The van der Waals surface area contributed by atoms with Gasteiger partial charge in [0.2, 0.25) is 0 Å². The summed E-state index contributed by atoms with van der Waals surface area (Å²) in [7, 11) is 0. The second kappa shape index (κ2) is 6.56. The van der Waals surface area contributed by atoms with E-state index < -0.39 is 0 Å². The van der Waals surface area contributed by atoms with E-state index >= 15 is 0 Å². The third-order valence-electron chi connectivity index (χ3n) is 4.49. The molecule has 0 bridgehead atoms. The molecule has 0 aliphatic carbocycles. The molecule has 0 spiro atoms. The Morgan fingerprint density at radius 2 is 1.85 bits per heavy atom. The van der Waals surface area contributed by atoms with Gasteiger partial charge in [-0.2, -0.15) is 0 Å². The van der Waals surface area contributed by atoms with Crippen molar-refractivity contribution in [1.29, 1.82) is 0 Å². The average molecular weight is 366 g/mol. The fourth-order valence-corrected chi connectivity index (χ4v) is 3.31. The Hall–Kier alpha value is -2.69. The highest BCUT2D eigenvalue weighted by molar-refractivity contribution is 6.33. The second-order valence-corrected chi connectivity index (χ2v) is 6.70. The van der Waals surface area contributed by atoms with Crippen molar-refractivity contribution in [3.63, 3.8) is 0 Å². The van der Waals surface area contributed by atoms with E-state index in [9.17, 15) is 4.39 Å². The summed E-state index contributed by atoms with van der Waals surface area (Å²) in [6.07, 6.45) is 1.74. The standard InChI is InChI=1S/C21H17ClFN3/c1-13(24)14-6-9-21-20(10-14)25-12-26(21)15-7-8-19(23)17(11-15)16-4-2-3-5-18(16)22/h2-13H,24H2,1H3. The van der Waals surface area contributed by atoms with Gasteiger partial charge in [0.25, 0.3) is 0 Å². The van der Waals surface area contributed by atoms with Crippen molar-refractivity contribution in [3.05, 3.63) is 83.4 Å². The van der Waals surface area contributed by atoms with Gasteiger partial charge >= 0.3 is 0 Å². The predicted octanol–water partition coefficient (Wildman–Crippen LogP) is 5.50. The van der Waals surface area contributed by atoms with Crippen LogP contribution in [0.15, 0.2) is 67.0 Å². The van der Waals surface area contributed by atoms with Crippen LogP contribution in [0.4, 0.5) is 4.39 Å². The highest BCUT2D eigenvalue weighted by atomic mass is 35.5. The Bertz CT molecular complexity index is 1100. The molecule has 130 valence electrons. The lowest BCUT2D eigenvalue weighted by Crippen LogP contribution is -2.04. The van der Waals surface area contributed by atoms with E-state index in [0.717, 1.165) is 22.3 Å². The van der Waals surface area contributed by atoms with Crippen LogP contribution in [0.3, 0.4) is 0 Å². The average Bonchev–Trinajstić information content (AvgIpc) is 3.06. The zero-order valence-electron chi connectivity index (χ0n) is 14.2. The third kappa shape index (κ3) is 2.87. The maximum atomic E-state index is 14.4. The summed E-state index contributed by atoms with van der Waals surface area (Å²) in [4.78, 5) is 4.47. The molecule has 2 N–H and O–H groups in total. The van der Waals surface area contributed by atoms with Gasteiger partial charge in [-0.15, -0.1) is 0 Å². The quantitative estimate of drug-likeness (QED) is 0.520. The number of nitrogens with two attached hydrogens (primary N) is 1. The van der Waals surface area contributed by atoms with E-state index in [4.69, 9.17) is 17.3 Å². The number of benzene rings is 3. The molecule has 0 radical (unpaired) electrons. The van der Waals surface area contributed by atoms with Crippen LogP contribution in [0.5, 0.6) is 0 Å². The van der Waals surface area contributed by atoms with Crippen LogP contribution in [0.25, 0.3) is 27.8 Å². The minimum absolute atomic E-state index is 0.0535. The highest BCUT2D eigenvalue weighted by Gasteiger charge is 2.12. The molecule has 0 saturated carbocycles. The van der Waals surface area contributed by atoms with Crippen LogP contribution in [0, 0.1) is 5.82 Å². The van der Waals surface area contributed by atoms with Crippen molar-refractivity contribution in [2.75, 3.05) is 0 Å². The van der Waals surface area contributed by atoms with E-state index in [2.05, 4.69) is 4.98 Å². The number of fused-ring (bicyclic) bond motifs is 1. The van der Waals surface area contributed by atoms with Crippen LogP contribution >= 0.6 is 11.6 Å². The molecule has 4 aromatic rings. The SMILES string of the molecule is CC(N)c1ccc2c(c1)ncn2-c1ccc(F)c(-c2ccccc2Cl)c1. The fourth-order valence-electron chi connectivity index (χ4n) is 3.07. The molecule has 0 saturated heterocycles. The zero-order chi connectivity index (χ0) is 18.3. The lowest BCUT2D eigenvalue weighted by atomic mass is 10.0. The van der Waals surface area contributed by atoms with Crippen molar-refractivity contribution < 1.29 is 4.39 Å². The molecule has 0 aliphatic heterocycles. The Kier molecular flexibility index (Phi) is 4.23. The lowest BCUT2D eigenvalue weighted by molar-refractivity contribution is 0.631. The molecule has 3 aromatic carbocycles. The molecule has 0 aliphatic rings. The van der Waals surface area contributed by atoms with Gasteiger partial charge in [0.1, 0.15) is 12.1 Å². The van der Waals surface area contributed by atoms with Gasteiger partial charge in [-0.25, -0.2) is 9.37 Å². The van der Waals surface area contributed by atoms with Crippen molar-refractivity contribution in [1.82, 2.24) is 9.55 Å². The normalized spacial score (nSPS) is 12.5. The molecule has 1 unspecified atom stereocenters. The van der Waals surface area contributed by atoms with E-state index in [-0.39, 0.29) is 11.9 Å². The van der Waals surface area contributed by atoms with Crippen molar-refractivity contribution >= 4 is 22.6 Å². The number of halogens is 2. The lowest BCUT2D eigenvalue weighted by Gasteiger charge is -2.11. The Balaban J connectivity index is 1.86. The van der Waals surface area contributed by atoms with Gasteiger partial charge < -0.3 is 5.73 Å². The Morgan fingerprint density at radius 3 is 2.62 bits per heavy atom. The molecule has 26 heavy (non-hydrogen) atoms. The summed E-state index contributed by atoms with van der Waals surface area (Å²) in [6, 6.07) is 18.1.